The molecule has 3 unspecified atom stereocenters. The molecule has 2 heterocycles. The van der Waals surface area contributed by atoms with Gasteiger partial charge in [-0.1, -0.05) is 0 Å². The minimum atomic E-state index is -0.932. The third-order valence-corrected chi connectivity index (χ3v) is 4.91. The highest BCUT2D eigenvalue weighted by Crippen LogP contribution is 2.35. The van der Waals surface area contributed by atoms with E-state index in [0.717, 1.165) is 12.8 Å². The predicted octanol–water partition coefficient (Wildman–Crippen LogP) is 2.39. The molecule has 3 atom stereocenters. The number of aliphatic hydroxyl groups is 1. The molecule has 152 valence electrons. The molecular formula is C19H34O7. The fourth-order valence-electron chi connectivity index (χ4n) is 3.54. The van der Waals surface area contributed by atoms with Crippen LogP contribution in [0.4, 0.5) is 0 Å². The van der Waals surface area contributed by atoms with E-state index in [1.807, 2.05) is 27.7 Å². The molecule has 0 saturated carbocycles. The Kier molecular flexibility index (Phi) is 8.50. The highest BCUT2D eigenvalue weighted by Gasteiger charge is 2.37. The fourth-order valence-corrected chi connectivity index (χ4v) is 3.54. The summed E-state index contributed by atoms with van der Waals surface area (Å²) >= 11 is 0. The van der Waals surface area contributed by atoms with Gasteiger partial charge in [-0.2, -0.15) is 0 Å². The van der Waals surface area contributed by atoms with Crippen LogP contribution >= 0.6 is 0 Å². The van der Waals surface area contributed by atoms with Crippen molar-refractivity contribution in [3.05, 3.63) is 0 Å². The second-order valence-corrected chi connectivity index (χ2v) is 8.34. The number of hydrogen-bond donors (Lipinski definition) is 2. The third kappa shape index (κ3) is 8.01. The molecule has 2 fully saturated rings. The van der Waals surface area contributed by atoms with Crippen LogP contribution in [0.15, 0.2) is 0 Å². The molecule has 7 heteroatoms. The number of carbonyl (C=O) groups excluding carboxylic acids is 1. The van der Waals surface area contributed by atoms with Gasteiger partial charge in [0.2, 0.25) is 0 Å². The molecule has 0 radical (unpaired) electrons. The average molecular weight is 374 g/mol. The molecule has 2 aliphatic heterocycles. The Hall–Kier alpha value is -1.18. The monoisotopic (exact) mass is 374 g/mol. The summed E-state index contributed by atoms with van der Waals surface area (Å²) < 4.78 is 15.5. The molecule has 26 heavy (non-hydrogen) atoms. The van der Waals surface area contributed by atoms with Gasteiger partial charge in [0.15, 0.2) is 0 Å². The zero-order valence-corrected chi connectivity index (χ0v) is 16.6. The van der Waals surface area contributed by atoms with Gasteiger partial charge in [0.1, 0.15) is 0 Å². The van der Waals surface area contributed by atoms with Gasteiger partial charge in [0.05, 0.1) is 36.8 Å². The van der Waals surface area contributed by atoms with Gasteiger partial charge < -0.3 is 24.4 Å². The normalized spacial score (nSPS) is 28.2. The average Bonchev–Trinajstić information content (AvgIpc) is 2.50. The van der Waals surface area contributed by atoms with E-state index in [1.165, 1.54) is 7.11 Å². The van der Waals surface area contributed by atoms with E-state index in [9.17, 15) is 14.7 Å². The van der Waals surface area contributed by atoms with Gasteiger partial charge >= 0.3 is 11.9 Å². The summed E-state index contributed by atoms with van der Waals surface area (Å²) in [5.74, 6) is -2.11. The van der Waals surface area contributed by atoms with Crippen LogP contribution in [0.3, 0.4) is 0 Å². The second-order valence-electron chi connectivity index (χ2n) is 8.34. The van der Waals surface area contributed by atoms with Crippen molar-refractivity contribution in [1.29, 1.82) is 0 Å². The van der Waals surface area contributed by atoms with Crippen LogP contribution < -0.4 is 0 Å². The first-order chi connectivity index (χ1) is 12.0. The number of aliphatic carboxylic acids is 1. The predicted molar refractivity (Wildman–Crippen MR) is 95.8 cm³/mol. The summed E-state index contributed by atoms with van der Waals surface area (Å²) in [4.78, 5) is 22.4. The van der Waals surface area contributed by atoms with Crippen LogP contribution in [0.2, 0.25) is 0 Å². The Labute approximate surface area is 156 Å². The van der Waals surface area contributed by atoms with Crippen molar-refractivity contribution in [3.8, 4) is 0 Å². The molecule has 2 saturated heterocycles. The van der Waals surface area contributed by atoms with E-state index in [4.69, 9.17) is 14.6 Å². The number of rotatable bonds is 4. The molecule has 0 aromatic rings. The summed E-state index contributed by atoms with van der Waals surface area (Å²) in [6.07, 6.45) is 2.69. The molecule has 0 bridgehead atoms. The lowest BCUT2D eigenvalue weighted by Gasteiger charge is -2.37. The molecule has 0 aromatic carbocycles. The number of esters is 1. The molecular weight excluding hydrogens is 340 g/mol. The van der Waals surface area contributed by atoms with Gasteiger partial charge in [-0.05, 0) is 52.9 Å². The van der Waals surface area contributed by atoms with Crippen LogP contribution in [0.5, 0.6) is 0 Å². The van der Waals surface area contributed by atoms with Gasteiger partial charge in [-0.3, -0.25) is 9.59 Å². The number of carboxylic acid groups (broad SMARTS) is 1. The van der Waals surface area contributed by atoms with Crippen molar-refractivity contribution in [1.82, 2.24) is 0 Å². The lowest BCUT2D eigenvalue weighted by atomic mass is 9.78. The van der Waals surface area contributed by atoms with Crippen LogP contribution in [-0.2, 0) is 23.8 Å². The van der Waals surface area contributed by atoms with Crippen LogP contribution in [0.25, 0.3) is 0 Å². The van der Waals surface area contributed by atoms with Crippen molar-refractivity contribution in [2.75, 3.05) is 20.3 Å². The van der Waals surface area contributed by atoms with Gasteiger partial charge in [-0.25, -0.2) is 0 Å². The smallest absolute Gasteiger partial charge is 0.307 e. The molecule has 2 aliphatic rings. The molecule has 0 amide bonds. The topological polar surface area (TPSA) is 102 Å². The summed E-state index contributed by atoms with van der Waals surface area (Å²) in [5.41, 5.74) is -0.412. The Balaban J connectivity index is 0.000000314. The summed E-state index contributed by atoms with van der Waals surface area (Å²) in [6.45, 7) is 9.15. The lowest BCUT2D eigenvalue weighted by molar-refractivity contribution is -0.156. The van der Waals surface area contributed by atoms with Crippen molar-refractivity contribution < 1.29 is 34.0 Å². The minimum absolute atomic E-state index is 0.0321. The zero-order valence-electron chi connectivity index (χ0n) is 16.6. The first kappa shape index (κ1) is 22.9. The molecule has 0 aromatic heterocycles. The highest BCUT2D eigenvalue weighted by atomic mass is 16.5. The Morgan fingerprint density at radius 2 is 1.62 bits per heavy atom. The zero-order chi connectivity index (χ0) is 20.0. The molecule has 0 spiro atoms. The van der Waals surface area contributed by atoms with Crippen molar-refractivity contribution in [2.45, 2.75) is 77.1 Å². The van der Waals surface area contributed by atoms with E-state index in [2.05, 4.69) is 4.74 Å². The molecule has 2 N–H and O–H groups in total. The number of hydrogen-bond acceptors (Lipinski definition) is 6. The van der Waals surface area contributed by atoms with Crippen LogP contribution in [0, 0.1) is 11.8 Å². The second kappa shape index (κ2) is 9.67. The third-order valence-electron chi connectivity index (χ3n) is 4.91. The van der Waals surface area contributed by atoms with Crippen molar-refractivity contribution in [3.63, 3.8) is 0 Å². The van der Waals surface area contributed by atoms with Gasteiger partial charge in [0, 0.05) is 19.6 Å². The van der Waals surface area contributed by atoms with Crippen LogP contribution in [0.1, 0.15) is 59.8 Å². The maximum absolute atomic E-state index is 11.2. The molecule has 2 rings (SSSR count). The maximum atomic E-state index is 11.2. The maximum Gasteiger partial charge on any atom is 0.307 e. The SMILES string of the molecule is CC1(C)CC(O)CCO1.COC(=O)CC(C(=O)O)C1CCOC(C)(C)C1. The number of methoxy groups -OCH3 is 1. The summed E-state index contributed by atoms with van der Waals surface area (Å²) in [7, 11) is 1.27. The van der Waals surface area contributed by atoms with E-state index < -0.39 is 17.9 Å². The first-order valence-electron chi connectivity index (χ1n) is 9.21. The fraction of sp³-hybridized carbons (Fsp3) is 0.895. The van der Waals surface area contributed by atoms with Crippen molar-refractivity contribution >= 4 is 11.9 Å². The number of ether oxygens (including phenoxy) is 3. The number of carboxylic acids is 1. The lowest BCUT2D eigenvalue weighted by Crippen LogP contribution is -2.39. The first-order valence-corrected chi connectivity index (χ1v) is 9.21. The van der Waals surface area contributed by atoms with Crippen molar-refractivity contribution in [2.24, 2.45) is 11.8 Å². The van der Waals surface area contributed by atoms with E-state index in [-0.39, 0.29) is 29.6 Å². The molecule has 0 aliphatic carbocycles. The van der Waals surface area contributed by atoms with E-state index >= 15 is 0 Å². The summed E-state index contributed by atoms with van der Waals surface area (Å²) in [6, 6.07) is 0. The Bertz CT molecular complexity index is 473. The standard InChI is InChI=1S/C12H20O5.C7H14O2/c1-12(2)7-8(4-5-17-12)9(11(14)15)6-10(13)16-3;1-7(2)5-6(8)3-4-9-7/h8-9H,4-7H2,1-3H3,(H,14,15);6,8H,3-5H2,1-2H3. The van der Waals surface area contributed by atoms with Gasteiger partial charge in [-0.15, -0.1) is 0 Å². The number of aliphatic hydroxyl groups excluding tert-OH is 1. The Morgan fingerprint density at radius 3 is 2.00 bits per heavy atom. The largest absolute Gasteiger partial charge is 0.481 e. The van der Waals surface area contributed by atoms with E-state index in [1.54, 1.807) is 0 Å². The minimum Gasteiger partial charge on any atom is -0.481 e. The summed E-state index contributed by atoms with van der Waals surface area (Å²) in [5, 5.41) is 18.4. The van der Waals surface area contributed by atoms with Crippen LogP contribution in [-0.4, -0.2) is 59.8 Å². The highest BCUT2D eigenvalue weighted by molar-refractivity contribution is 5.79. The molecule has 7 nitrogen and oxygen atoms in total. The quantitative estimate of drug-likeness (QED) is 0.728. The number of carbonyl (C=O) groups is 2. The van der Waals surface area contributed by atoms with E-state index in [0.29, 0.717) is 26.1 Å². The Morgan fingerprint density at radius 1 is 1.08 bits per heavy atom. The van der Waals surface area contributed by atoms with Gasteiger partial charge in [0.25, 0.3) is 0 Å².